The molecule has 0 radical (unpaired) electrons. The first kappa shape index (κ1) is 36.6. The molecule has 54 heavy (non-hydrogen) atoms. The van der Waals surface area contributed by atoms with Crippen molar-refractivity contribution in [3.05, 3.63) is 145 Å². The fourth-order valence-corrected chi connectivity index (χ4v) is 7.65. The lowest BCUT2D eigenvalue weighted by molar-refractivity contribution is 0.264. The molecule has 4 aromatic carbocycles. The summed E-state index contributed by atoms with van der Waals surface area (Å²) in [6.45, 7) is 8.97. The van der Waals surface area contributed by atoms with Crippen LogP contribution in [-0.4, -0.2) is 66.9 Å². The Bertz CT molecular complexity index is 2090. The molecule has 3 heterocycles. The summed E-state index contributed by atoms with van der Waals surface area (Å²) >= 11 is 3.15. The van der Waals surface area contributed by atoms with E-state index in [4.69, 9.17) is 19.7 Å². The number of para-hydroxylation sites is 2. The molecule has 0 fully saturated rings. The largest absolute Gasteiger partial charge is 0.493 e. The summed E-state index contributed by atoms with van der Waals surface area (Å²) in [5.74, 6) is 4.29. The van der Waals surface area contributed by atoms with Gasteiger partial charge in [-0.05, 0) is 48.9 Å². The Kier molecular flexibility index (Phi) is 12.4. The predicted octanol–water partition coefficient (Wildman–Crippen LogP) is 8.86. The number of fused-ring (bicyclic) bond motifs is 4. The molecule has 0 N–H and O–H groups in total. The van der Waals surface area contributed by atoms with Crippen molar-refractivity contribution >= 4 is 36.0 Å². The fourth-order valence-electron chi connectivity index (χ4n) is 5.91. The lowest BCUT2D eigenvalue weighted by Gasteiger charge is -2.15. The van der Waals surface area contributed by atoms with Crippen LogP contribution in [0, 0.1) is 0 Å². The predicted molar refractivity (Wildman–Crippen MR) is 219 cm³/mol. The second-order valence-electron chi connectivity index (χ2n) is 12.2. The molecule has 10 nitrogen and oxygen atoms in total. The molecule has 0 saturated carbocycles. The molecule has 6 aromatic rings. The molecule has 1 aliphatic heterocycles. The van der Waals surface area contributed by atoms with E-state index in [0.717, 1.165) is 57.7 Å². The van der Waals surface area contributed by atoms with Crippen molar-refractivity contribution in [2.24, 2.45) is 10.2 Å². The molecule has 12 heteroatoms. The van der Waals surface area contributed by atoms with E-state index in [-0.39, 0.29) is 0 Å². The summed E-state index contributed by atoms with van der Waals surface area (Å²) < 4.78 is 16.6. The van der Waals surface area contributed by atoms with E-state index in [9.17, 15) is 0 Å². The molecule has 0 saturated heterocycles. The number of ether oxygens (including phenoxy) is 2. The number of benzene rings is 4. The maximum atomic E-state index is 6.48. The van der Waals surface area contributed by atoms with Gasteiger partial charge in [0.2, 0.25) is 10.3 Å². The Labute approximate surface area is 323 Å². The number of allylic oxidation sites excluding steroid dienone is 2. The third kappa shape index (κ3) is 8.73. The van der Waals surface area contributed by atoms with E-state index in [1.54, 1.807) is 32.9 Å². The van der Waals surface area contributed by atoms with Gasteiger partial charge in [-0.15, -0.1) is 33.6 Å². The highest BCUT2D eigenvalue weighted by Gasteiger charge is 2.18. The van der Waals surface area contributed by atoms with Crippen molar-refractivity contribution < 1.29 is 9.47 Å². The molecule has 272 valence electrons. The van der Waals surface area contributed by atoms with Crippen LogP contribution >= 0.6 is 23.5 Å². The van der Waals surface area contributed by atoms with Crippen molar-refractivity contribution in [1.29, 1.82) is 0 Å². The van der Waals surface area contributed by atoms with E-state index >= 15 is 0 Å². The van der Waals surface area contributed by atoms with E-state index < -0.39 is 0 Å². The summed E-state index contributed by atoms with van der Waals surface area (Å²) in [7, 11) is 0. The Morgan fingerprint density at radius 2 is 1.00 bits per heavy atom. The SMILES string of the molecule is C=CCc1cccc2c1OCCCCOc1c(cccc1CC=C)/C=N\n1c(nnc1-c1ccccc1)SCCSc1nnc(-c3ccccc3)n1/N=C\2. The molecule has 0 spiro atoms. The fraction of sp³-hybridized carbons (Fsp3) is 0.190. The van der Waals surface area contributed by atoms with Crippen molar-refractivity contribution in [3.8, 4) is 34.3 Å². The third-order valence-electron chi connectivity index (χ3n) is 8.47. The number of nitrogens with zero attached hydrogens (tertiary/aromatic N) is 8. The Morgan fingerprint density at radius 3 is 1.43 bits per heavy atom. The summed E-state index contributed by atoms with van der Waals surface area (Å²) in [4.78, 5) is 0. The van der Waals surface area contributed by atoms with Crippen LogP contribution in [0.2, 0.25) is 0 Å². The Balaban J connectivity index is 1.26. The second kappa shape index (κ2) is 18.4. The molecule has 7 rings (SSSR count). The van der Waals surface area contributed by atoms with Gasteiger partial charge in [-0.1, -0.05) is 121 Å². The van der Waals surface area contributed by atoms with Gasteiger partial charge in [0.1, 0.15) is 11.5 Å². The first-order valence-corrected chi connectivity index (χ1v) is 19.8. The van der Waals surface area contributed by atoms with Crippen LogP contribution in [0.4, 0.5) is 0 Å². The maximum Gasteiger partial charge on any atom is 0.212 e. The first-order chi connectivity index (χ1) is 26.7. The van der Waals surface area contributed by atoms with Gasteiger partial charge in [0.15, 0.2) is 11.6 Å². The number of rotatable bonds is 6. The van der Waals surface area contributed by atoms with Gasteiger partial charge in [-0.2, -0.15) is 19.6 Å². The average Bonchev–Trinajstić information content (AvgIpc) is 3.81. The van der Waals surface area contributed by atoms with Crippen molar-refractivity contribution in [2.45, 2.75) is 36.0 Å². The van der Waals surface area contributed by atoms with Crippen LogP contribution < -0.4 is 9.47 Å². The minimum atomic E-state index is 0.514. The standard InChI is InChI=1S/C42H40N8O2S2/c1-3-15-31-21-13-23-35-29-43-49-39(33-17-7-5-8-18-33)45-47-41(49)53-27-28-54-42-48-46-40(34-19-9-6-10-20-34)50(42)44-30-36-24-14-22-32(16-4-2)38(36)52-26-12-11-25-51-37(31)35/h3-10,13-14,17-24,29-30H,1-2,11-12,15-16,25-28H2/b43-29-,44-30-. The highest BCUT2D eigenvalue weighted by atomic mass is 32.2. The molecule has 0 aliphatic carbocycles. The van der Waals surface area contributed by atoms with Gasteiger partial charge in [-0.25, -0.2) is 0 Å². The lowest BCUT2D eigenvalue weighted by Crippen LogP contribution is -2.08. The second-order valence-corrected chi connectivity index (χ2v) is 14.3. The first-order valence-electron chi connectivity index (χ1n) is 17.8. The van der Waals surface area contributed by atoms with E-state index in [1.165, 1.54) is 0 Å². The van der Waals surface area contributed by atoms with Crippen molar-refractivity contribution in [2.75, 3.05) is 24.7 Å². The molecule has 0 bridgehead atoms. The van der Waals surface area contributed by atoms with E-state index in [2.05, 4.69) is 45.7 Å². The zero-order valence-electron chi connectivity index (χ0n) is 29.8. The van der Waals surface area contributed by atoms with Crippen LogP contribution in [0.1, 0.15) is 35.1 Å². The zero-order valence-corrected chi connectivity index (χ0v) is 31.5. The molecule has 0 atom stereocenters. The van der Waals surface area contributed by atoms with E-state index in [0.29, 0.717) is 59.5 Å². The minimum Gasteiger partial charge on any atom is -0.493 e. The molecule has 2 aromatic heterocycles. The topological polar surface area (TPSA) is 105 Å². The highest BCUT2D eigenvalue weighted by molar-refractivity contribution is 8.02. The maximum absolute atomic E-state index is 6.48. The summed E-state index contributed by atoms with van der Waals surface area (Å²) in [6, 6.07) is 32.1. The number of aromatic nitrogens is 6. The number of hydrogen-bond donors (Lipinski definition) is 0. The van der Waals surface area contributed by atoms with Crippen LogP contribution in [0.5, 0.6) is 11.5 Å². The number of thioether (sulfide) groups is 2. The lowest BCUT2D eigenvalue weighted by atomic mass is 10.1. The van der Waals surface area contributed by atoms with Crippen LogP contribution in [-0.2, 0) is 12.8 Å². The average molecular weight is 753 g/mol. The van der Waals surface area contributed by atoms with Gasteiger partial charge >= 0.3 is 0 Å². The van der Waals surface area contributed by atoms with Crippen LogP contribution in [0.15, 0.2) is 143 Å². The van der Waals surface area contributed by atoms with Gasteiger partial charge in [-0.3, -0.25) is 0 Å². The molecular formula is C42H40N8O2S2. The quantitative estimate of drug-likeness (QED) is 0.156. The molecule has 1 aliphatic rings. The molecule has 0 unspecified atom stereocenters. The molecule has 0 amide bonds. The van der Waals surface area contributed by atoms with Gasteiger partial charge in [0.05, 0.1) is 25.6 Å². The Morgan fingerprint density at radius 1 is 0.556 bits per heavy atom. The smallest absolute Gasteiger partial charge is 0.212 e. The summed E-state index contributed by atoms with van der Waals surface area (Å²) in [5, 5.41) is 29.5. The minimum absolute atomic E-state index is 0.514. The van der Waals surface area contributed by atoms with E-state index in [1.807, 2.05) is 110 Å². The normalized spacial score (nSPS) is 15.0. The van der Waals surface area contributed by atoms with Crippen molar-refractivity contribution in [3.63, 3.8) is 0 Å². The van der Waals surface area contributed by atoms with Gasteiger partial charge < -0.3 is 9.47 Å². The summed E-state index contributed by atoms with van der Waals surface area (Å²) in [5.41, 5.74) is 5.65. The number of hydrogen-bond acceptors (Lipinski definition) is 10. The van der Waals surface area contributed by atoms with Gasteiger partial charge in [0, 0.05) is 33.8 Å². The van der Waals surface area contributed by atoms with Crippen LogP contribution in [0.25, 0.3) is 22.8 Å². The molecular weight excluding hydrogens is 713 g/mol. The highest BCUT2D eigenvalue weighted by Crippen LogP contribution is 2.30. The zero-order chi connectivity index (χ0) is 37.0. The van der Waals surface area contributed by atoms with Crippen LogP contribution in [0.3, 0.4) is 0 Å². The van der Waals surface area contributed by atoms with Crippen molar-refractivity contribution in [1.82, 2.24) is 29.7 Å². The monoisotopic (exact) mass is 752 g/mol. The summed E-state index contributed by atoms with van der Waals surface area (Å²) in [6.07, 6.45) is 10.4. The Hall–Kier alpha value is -5.72. The van der Waals surface area contributed by atoms with Gasteiger partial charge in [0.25, 0.3) is 0 Å². The third-order valence-corrected chi connectivity index (χ3v) is 10.6.